The first-order valence-electron chi connectivity index (χ1n) is 6.17. The molecule has 1 rings (SSSR count). The molecule has 0 heterocycles. The molecule has 0 radical (unpaired) electrons. The van der Waals surface area contributed by atoms with Gasteiger partial charge in [0.15, 0.2) is 12.9 Å². The highest BCUT2D eigenvalue weighted by molar-refractivity contribution is 9.10. The lowest BCUT2D eigenvalue weighted by atomic mass is 10.1. The van der Waals surface area contributed by atoms with Crippen LogP contribution in [-0.4, -0.2) is 25.3 Å². The highest BCUT2D eigenvalue weighted by Crippen LogP contribution is 2.21. The zero-order valence-corrected chi connectivity index (χ0v) is 12.7. The van der Waals surface area contributed by atoms with Gasteiger partial charge >= 0.3 is 0 Å². The topological polar surface area (TPSA) is 55.4 Å². The van der Waals surface area contributed by atoms with E-state index in [-0.39, 0.29) is 12.5 Å². The third-order valence-electron chi connectivity index (χ3n) is 2.50. The van der Waals surface area contributed by atoms with Crippen molar-refractivity contribution in [1.29, 1.82) is 0 Å². The summed E-state index contributed by atoms with van der Waals surface area (Å²) in [4.78, 5) is 22.4. The lowest BCUT2D eigenvalue weighted by Gasteiger charge is -2.10. The fourth-order valence-corrected chi connectivity index (χ4v) is 1.82. The standard InChI is InChI=1S/C14H18BrNO3/c1-10(2)5-6-16-14(18)9-19-13-4-3-12(15)7-11(13)8-17/h3-4,7-8,10H,5-6,9H2,1-2H3,(H,16,18). The van der Waals surface area contributed by atoms with Gasteiger partial charge in [0.05, 0.1) is 5.56 Å². The highest BCUT2D eigenvalue weighted by atomic mass is 79.9. The van der Waals surface area contributed by atoms with Gasteiger partial charge < -0.3 is 10.1 Å². The lowest BCUT2D eigenvalue weighted by molar-refractivity contribution is -0.123. The summed E-state index contributed by atoms with van der Waals surface area (Å²) in [5, 5.41) is 2.77. The number of carbonyl (C=O) groups is 2. The quantitative estimate of drug-likeness (QED) is 0.783. The molecule has 0 saturated carbocycles. The smallest absolute Gasteiger partial charge is 0.257 e. The van der Waals surface area contributed by atoms with Crippen LogP contribution in [0.5, 0.6) is 5.75 Å². The van der Waals surface area contributed by atoms with E-state index in [9.17, 15) is 9.59 Å². The lowest BCUT2D eigenvalue weighted by Crippen LogP contribution is -2.30. The Morgan fingerprint density at radius 3 is 2.84 bits per heavy atom. The summed E-state index contributed by atoms with van der Waals surface area (Å²) in [6.07, 6.45) is 1.64. The molecule has 1 N–H and O–H groups in total. The Morgan fingerprint density at radius 2 is 2.21 bits per heavy atom. The van der Waals surface area contributed by atoms with Crippen molar-refractivity contribution in [2.24, 2.45) is 5.92 Å². The van der Waals surface area contributed by atoms with Crippen LogP contribution in [-0.2, 0) is 4.79 Å². The molecule has 0 aromatic heterocycles. The predicted molar refractivity (Wildman–Crippen MR) is 77.5 cm³/mol. The normalized spacial score (nSPS) is 10.3. The number of ether oxygens (including phenoxy) is 1. The minimum atomic E-state index is -0.180. The number of amides is 1. The van der Waals surface area contributed by atoms with E-state index in [0.717, 1.165) is 10.9 Å². The summed E-state index contributed by atoms with van der Waals surface area (Å²) >= 11 is 3.27. The molecule has 0 aliphatic heterocycles. The first kappa shape index (κ1) is 15.7. The number of nitrogens with one attached hydrogen (secondary N) is 1. The second-order valence-electron chi connectivity index (χ2n) is 4.62. The van der Waals surface area contributed by atoms with E-state index in [1.807, 2.05) is 0 Å². The van der Waals surface area contributed by atoms with Gasteiger partial charge in [0.25, 0.3) is 5.91 Å². The maximum atomic E-state index is 11.5. The van der Waals surface area contributed by atoms with Crippen LogP contribution in [0.4, 0.5) is 0 Å². The maximum absolute atomic E-state index is 11.5. The molecule has 0 unspecified atom stereocenters. The molecular formula is C14H18BrNO3. The van der Waals surface area contributed by atoms with Gasteiger partial charge in [0, 0.05) is 11.0 Å². The molecule has 19 heavy (non-hydrogen) atoms. The Bertz CT molecular complexity index is 446. The van der Waals surface area contributed by atoms with Gasteiger partial charge in [-0.15, -0.1) is 0 Å². The van der Waals surface area contributed by atoms with Crippen molar-refractivity contribution in [1.82, 2.24) is 5.32 Å². The van der Waals surface area contributed by atoms with E-state index in [0.29, 0.717) is 30.1 Å². The molecule has 0 aliphatic carbocycles. The summed E-state index contributed by atoms with van der Waals surface area (Å²) < 4.78 is 6.13. The molecule has 1 aromatic carbocycles. The van der Waals surface area contributed by atoms with Crippen LogP contribution in [0, 0.1) is 5.92 Å². The second kappa shape index (κ2) is 7.94. The van der Waals surface area contributed by atoms with Crippen LogP contribution in [0.3, 0.4) is 0 Å². The van der Waals surface area contributed by atoms with Crippen LogP contribution in [0.1, 0.15) is 30.6 Å². The highest BCUT2D eigenvalue weighted by Gasteiger charge is 2.07. The summed E-state index contributed by atoms with van der Waals surface area (Å²) in [7, 11) is 0. The summed E-state index contributed by atoms with van der Waals surface area (Å²) in [5.74, 6) is 0.784. The maximum Gasteiger partial charge on any atom is 0.257 e. The minimum Gasteiger partial charge on any atom is -0.483 e. The van der Waals surface area contributed by atoms with Gasteiger partial charge in [0.2, 0.25) is 0 Å². The fourth-order valence-electron chi connectivity index (χ4n) is 1.44. The van der Waals surface area contributed by atoms with Crippen molar-refractivity contribution in [3.05, 3.63) is 28.2 Å². The molecule has 1 aromatic rings. The first-order chi connectivity index (χ1) is 9.02. The molecule has 0 atom stereocenters. The van der Waals surface area contributed by atoms with Crippen molar-refractivity contribution < 1.29 is 14.3 Å². The number of carbonyl (C=O) groups excluding carboxylic acids is 2. The Hall–Kier alpha value is -1.36. The number of hydrogen-bond acceptors (Lipinski definition) is 3. The third kappa shape index (κ3) is 5.87. The van der Waals surface area contributed by atoms with Crippen LogP contribution < -0.4 is 10.1 Å². The molecule has 0 saturated heterocycles. The largest absolute Gasteiger partial charge is 0.483 e. The molecule has 104 valence electrons. The number of hydrogen-bond donors (Lipinski definition) is 1. The SMILES string of the molecule is CC(C)CCNC(=O)COc1ccc(Br)cc1C=O. The predicted octanol–water partition coefficient (Wildman–Crippen LogP) is 2.80. The van der Waals surface area contributed by atoms with E-state index in [1.54, 1.807) is 18.2 Å². The van der Waals surface area contributed by atoms with Crippen molar-refractivity contribution in [2.45, 2.75) is 20.3 Å². The summed E-state index contributed by atoms with van der Waals surface area (Å²) in [6.45, 7) is 4.75. The van der Waals surface area contributed by atoms with E-state index in [2.05, 4.69) is 35.1 Å². The number of halogens is 1. The second-order valence-corrected chi connectivity index (χ2v) is 5.54. The van der Waals surface area contributed by atoms with E-state index < -0.39 is 0 Å². The van der Waals surface area contributed by atoms with Gasteiger partial charge in [-0.3, -0.25) is 9.59 Å². The number of aldehydes is 1. The molecule has 0 spiro atoms. The monoisotopic (exact) mass is 327 g/mol. The van der Waals surface area contributed by atoms with Gasteiger partial charge in [0.1, 0.15) is 5.75 Å². The van der Waals surface area contributed by atoms with E-state index in [1.165, 1.54) is 0 Å². The van der Waals surface area contributed by atoms with Gasteiger partial charge in [-0.2, -0.15) is 0 Å². The molecule has 1 amide bonds. The molecule has 0 aliphatic rings. The number of benzene rings is 1. The zero-order valence-electron chi connectivity index (χ0n) is 11.1. The van der Waals surface area contributed by atoms with E-state index in [4.69, 9.17) is 4.74 Å². The Kier molecular flexibility index (Phi) is 6.56. The summed E-state index contributed by atoms with van der Waals surface area (Å²) in [6, 6.07) is 5.08. The fraction of sp³-hybridized carbons (Fsp3) is 0.429. The Labute approximate surface area is 121 Å². The molecule has 5 heteroatoms. The Balaban J connectivity index is 2.44. The molecular weight excluding hydrogens is 310 g/mol. The molecule has 4 nitrogen and oxygen atoms in total. The zero-order chi connectivity index (χ0) is 14.3. The molecule has 0 fully saturated rings. The van der Waals surface area contributed by atoms with E-state index >= 15 is 0 Å². The minimum absolute atomic E-state index is 0.0828. The number of rotatable bonds is 7. The van der Waals surface area contributed by atoms with Gasteiger partial charge in [-0.25, -0.2) is 0 Å². The van der Waals surface area contributed by atoms with Gasteiger partial charge in [-0.1, -0.05) is 29.8 Å². The van der Waals surface area contributed by atoms with Crippen LogP contribution >= 0.6 is 15.9 Å². The van der Waals surface area contributed by atoms with Crippen LogP contribution in [0.15, 0.2) is 22.7 Å². The van der Waals surface area contributed by atoms with Crippen molar-refractivity contribution in [2.75, 3.05) is 13.2 Å². The van der Waals surface area contributed by atoms with Crippen molar-refractivity contribution in [3.8, 4) is 5.75 Å². The average molecular weight is 328 g/mol. The molecule has 0 bridgehead atoms. The van der Waals surface area contributed by atoms with Crippen molar-refractivity contribution in [3.63, 3.8) is 0 Å². The van der Waals surface area contributed by atoms with Crippen molar-refractivity contribution >= 4 is 28.1 Å². The van der Waals surface area contributed by atoms with Gasteiger partial charge in [-0.05, 0) is 30.5 Å². The van der Waals surface area contributed by atoms with Crippen LogP contribution in [0.25, 0.3) is 0 Å². The third-order valence-corrected chi connectivity index (χ3v) is 2.99. The summed E-state index contributed by atoms with van der Waals surface area (Å²) in [5.41, 5.74) is 0.421. The van der Waals surface area contributed by atoms with Crippen LogP contribution in [0.2, 0.25) is 0 Å². The average Bonchev–Trinajstić information content (AvgIpc) is 2.36. The first-order valence-corrected chi connectivity index (χ1v) is 6.96. The Morgan fingerprint density at radius 1 is 1.47 bits per heavy atom.